The van der Waals surface area contributed by atoms with E-state index in [9.17, 15) is 9.90 Å². The van der Waals surface area contributed by atoms with E-state index in [-0.39, 0.29) is 17.8 Å². The lowest BCUT2D eigenvalue weighted by Gasteiger charge is -2.39. The number of anilines is 1. The fraction of sp³-hybridized carbons (Fsp3) is 0.423. The highest BCUT2D eigenvalue weighted by atomic mass is 79.9. The predicted molar refractivity (Wildman–Crippen MR) is 137 cm³/mol. The maximum atomic E-state index is 13.2. The molecule has 2 amide bonds. The molecule has 1 aliphatic carbocycles. The number of rotatable bonds is 6. The normalized spacial score (nSPS) is 17.2. The first-order valence-electron chi connectivity index (χ1n) is 11.7. The Morgan fingerprint density at radius 2 is 1.91 bits per heavy atom. The Balaban J connectivity index is 1.38. The highest BCUT2D eigenvalue weighted by Crippen LogP contribution is 2.44. The molecule has 1 aliphatic heterocycles. The highest BCUT2D eigenvalue weighted by Gasteiger charge is 2.29. The number of aromatic hydroxyl groups is 1. The number of amides is 2. The lowest BCUT2D eigenvalue weighted by Crippen LogP contribution is -2.49. The molecule has 2 aromatic rings. The van der Waals surface area contributed by atoms with Gasteiger partial charge >= 0.3 is 6.03 Å². The van der Waals surface area contributed by atoms with Crippen LogP contribution in [0.3, 0.4) is 0 Å². The molecule has 33 heavy (non-hydrogen) atoms. The van der Waals surface area contributed by atoms with Crippen LogP contribution in [0.25, 0.3) is 5.70 Å². The van der Waals surface area contributed by atoms with Gasteiger partial charge in [0.1, 0.15) is 5.75 Å². The minimum Gasteiger partial charge on any atom is -0.508 e. The number of nitrogens with two attached hydrogens (primary N) is 1. The van der Waals surface area contributed by atoms with Gasteiger partial charge in [0.25, 0.3) is 0 Å². The fourth-order valence-corrected chi connectivity index (χ4v) is 5.09. The summed E-state index contributed by atoms with van der Waals surface area (Å²) in [5.74, 6) is 0.859. The Kier molecular flexibility index (Phi) is 7.17. The molecule has 3 N–H and O–H groups in total. The number of benzene rings is 2. The molecule has 2 fully saturated rings. The molecule has 2 aromatic carbocycles. The van der Waals surface area contributed by atoms with Gasteiger partial charge in [0.2, 0.25) is 0 Å². The van der Waals surface area contributed by atoms with E-state index in [0.29, 0.717) is 23.7 Å². The van der Waals surface area contributed by atoms with Crippen molar-refractivity contribution in [3.8, 4) is 5.75 Å². The number of carbonyl (C=O) groups excluding carboxylic acids is 1. The van der Waals surface area contributed by atoms with Gasteiger partial charge in [0.05, 0.1) is 5.70 Å². The third-order valence-electron chi connectivity index (χ3n) is 6.74. The maximum Gasteiger partial charge on any atom is 0.324 e. The molecule has 1 heterocycles. The molecular weight excluding hydrogens is 480 g/mol. The summed E-state index contributed by atoms with van der Waals surface area (Å²) in [7, 11) is 1.88. The zero-order valence-corrected chi connectivity index (χ0v) is 21.0. The van der Waals surface area contributed by atoms with E-state index < -0.39 is 0 Å². The maximum absolute atomic E-state index is 13.2. The van der Waals surface area contributed by atoms with Crippen molar-refractivity contribution in [1.29, 1.82) is 0 Å². The smallest absolute Gasteiger partial charge is 0.324 e. The van der Waals surface area contributed by atoms with E-state index in [0.717, 1.165) is 25.9 Å². The fourth-order valence-electron chi connectivity index (χ4n) is 4.51. The number of carbonyl (C=O) groups is 1. The second-order valence-electron chi connectivity index (χ2n) is 9.01. The van der Waals surface area contributed by atoms with E-state index in [1.807, 2.05) is 24.9 Å². The average molecular weight is 513 g/mol. The molecule has 0 aromatic heterocycles. The SMILES string of the molecule is CCN(/C=C(\N)c1cccc(O)c1)C(=O)N(C)C1CCN(c2ccc(Br)c(C3CC3)c2)CC1. The largest absolute Gasteiger partial charge is 0.508 e. The standard InChI is InChI=1S/C26H33BrN4O2/c1-3-30(17-25(28)19-5-4-6-22(32)15-19)26(33)29(2)20-11-13-31(14-12-20)21-9-10-24(27)23(16-21)18-7-8-18/h4-6,9-10,15-18,20,32H,3,7-8,11-14,28H2,1-2H3/b25-17-. The number of phenolic OH excluding ortho intramolecular Hbond substituents is 1. The number of nitrogens with zero attached hydrogens (tertiary/aromatic N) is 3. The second-order valence-corrected chi connectivity index (χ2v) is 9.87. The van der Waals surface area contributed by atoms with Crippen LogP contribution in [-0.2, 0) is 0 Å². The summed E-state index contributed by atoms with van der Waals surface area (Å²) in [5, 5.41) is 9.71. The number of phenols is 1. The van der Waals surface area contributed by atoms with Crippen molar-refractivity contribution in [2.45, 2.75) is 44.6 Å². The minimum atomic E-state index is -0.0567. The Bertz CT molecular complexity index is 1030. The molecule has 6 nitrogen and oxygen atoms in total. The Hall–Kier alpha value is -2.67. The third-order valence-corrected chi connectivity index (χ3v) is 7.46. The number of urea groups is 1. The van der Waals surface area contributed by atoms with Gasteiger partial charge in [0, 0.05) is 54.6 Å². The summed E-state index contributed by atoms with van der Waals surface area (Å²) in [4.78, 5) is 19.1. The van der Waals surface area contributed by atoms with E-state index in [4.69, 9.17) is 5.73 Å². The van der Waals surface area contributed by atoms with Gasteiger partial charge in [-0.05, 0) is 74.4 Å². The Morgan fingerprint density at radius 1 is 1.18 bits per heavy atom. The van der Waals surface area contributed by atoms with Crippen molar-refractivity contribution < 1.29 is 9.90 Å². The lowest BCUT2D eigenvalue weighted by atomic mass is 10.0. The van der Waals surface area contributed by atoms with Crippen molar-refractivity contribution in [2.24, 2.45) is 5.73 Å². The summed E-state index contributed by atoms with van der Waals surface area (Å²) in [6.45, 7) is 4.32. The number of piperidine rings is 1. The van der Waals surface area contributed by atoms with Crippen molar-refractivity contribution >= 4 is 33.3 Å². The molecule has 0 unspecified atom stereocenters. The summed E-state index contributed by atoms with van der Waals surface area (Å²) in [6, 6.07) is 13.6. The van der Waals surface area contributed by atoms with Crippen LogP contribution < -0.4 is 10.6 Å². The van der Waals surface area contributed by atoms with Crippen molar-refractivity contribution in [3.63, 3.8) is 0 Å². The zero-order chi connectivity index (χ0) is 23.5. The molecule has 0 radical (unpaired) electrons. The van der Waals surface area contributed by atoms with E-state index in [1.165, 1.54) is 28.6 Å². The van der Waals surface area contributed by atoms with Gasteiger partial charge in [0.15, 0.2) is 0 Å². The molecule has 4 rings (SSSR count). The van der Waals surface area contributed by atoms with Crippen LogP contribution in [0.2, 0.25) is 0 Å². The molecular formula is C26H33BrN4O2. The van der Waals surface area contributed by atoms with Crippen molar-refractivity contribution in [1.82, 2.24) is 9.80 Å². The van der Waals surface area contributed by atoms with Crippen LogP contribution in [0.15, 0.2) is 53.1 Å². The molecule has 1 saturated heterocycles. The average Bonchev–Trinajstić information content (AvgIpc) is 3.67. The van der Waals surface area contributed by atoms with Crippen LogP contribution in [0, 0.1) is 0 Å². The molecule has 7 heteroatoms. The minimum absolute atomic E-state index is 0.0567. The topological polar surface area (TPSA) is 73.0 Å². The molecule has 2 aliphatic rings. The van der Waals surface area contributed by atoms with Gasteiger partial charge in [-0.25, -0.2) is 4.79 Å². The van der Waals surface area contributed by atoms with Crippen molar-refractivity contribution in [2.75, 3.05) is 31.6 Å². The number of hydrogen-bond donors (Lipinski definition) is 2. The molecule has 0 spiro atoms. The predicted octanol–water partition coefficient (Wildman–Crippen LogP) is 5.33. The van der Waals surface area contributed by atoms with Crippen LogP contribution >= 0.6 is 15.9 Å². The van der Waals surface area contributed by atoms with Crippen LogP contribution in [0.4, 0.5) is 10.5 Å². The monoisotopic (exact) mass is 512 g/mol. The van der Waals surface area contributed by atoms with Gasteiger partial charge in [-0.1, -0.05) is 28.1 Å². The van der Waals surface area contributed by atoms with Gasteiger partial charge < -0.3 is 20.6 Å². The van der Waals surface area contributed by atoms with Gasteiger partial charge in [-0.3, -0.25) is 4.90 Å². The Labute approximate surface area is 204 Å². The first-order valence-corrected chi connectivity index (χ1v) is 12.5. The summed E-state index contributed by atoms with van der Waals surface area (Å²) < 4.78 is 1.21. The van der Waals surface area contributed by atoms with Crippen LogP contribution in [0.1, 0.15) is 49.7 Å². The Morgan fingerprint density at radius 3 is 2.55 bits per heavy atom. The number of hydrogen-bond acceptors (Lipinski definition) is 4. The molecule has 0 bridgehead atoms. The first-order chi connectivity index (χ1) is 15.9. The van der Waals surface area contributed by atoms with E-state index in [2.05, 4.69) is 39.0 Å². The molecule has 1 saturated carbocycles. The second kappa shape index (κ2) is 10.1. The lowest BCUT2D eigenvalue weighted by molar-refractivity contribution is 0.155. The zero-order valence-electron chi connectivity index (χ0n) is 19.4. The summed E-state index contributed by atoms with van der Waals surface area (Å²) in [6.07, 6.45) is 6.11. The number of halogens is 1. The van der Waals surface area contributed by atoms with Crippen LogP contribution in [0.5, 0.6) is 5.75 Å². The van der Waals surface area contributed by atoms with Gasteiger partial charge in [-0.2, -0.15) is 0 Å². The van der Waals surface area contributed by atoms with Crippen LogP contribution in [-0.4, -0.2) is 53.7 Å². The van der Waals surface area contributed by atoms with E-state index >= 15 is 0 Å². The first kappa shape index (κ1) is 23.5. The third kappa shape index (κ3) is 5.46. The van der Waals surface area contributed by atoms with Gasteiger partial charge in [-0.15, -0.1) is 0 Å². The van der Waals surface area contributed by atoms with Crippen molar-refractivity contribution in [3.05, 3.63) is 64.3 Å². The summed E-state index contributed by atoms with van der Waals surface area (Å²) >= 11 is 3.70. The van der Waals surface area contributed by atoms with E-state index in [1.54, 1.807) is 29.3 Å². The molecule has 0 atom stereocenters. The highest BCUT2D eigenvalue weighted by molar-refractivity contribution is 9.10. The quantitative estimate of drug-likeness (QED) is 0.548. The molecule has 176 valence electrons. The summed E-state index contributed by atoms with van der Waals surface area (Å²) in [5.41, 5.74) is 10.1.